The highest BCUT2D eigenvalue weighted by Gasteiger charge is 2.16. The second-order valence-electron chi connectivity index (χ2n) is 9.23. The molecule has 35 heavy (non-hydrogen) atoms. The molecule has 2 heterocycles. The predicted octanol–water partition coefficient (Wildman–Crippen LogP) is 7.30. The molecular formula is C29H33BrN4O. The number of aryl methyl sites for hydroxylation is 2. The number of benzene rings is 2. The first-order valence-corrected chi connectivity index (χ1v) is 13.2. The molecule has 0 radical (unpaired) electrons. The fourth-order valence-corrected chi connectivity index (χ4v) is 4.77. The smallest absolute Gasteiger partial charge is 0.282 e. The van der Waals surface area contributed by atoms with Crippen molar-refractivity contribution < 1.29 is 0 Å². The number of aromatic nitrogens is 3. The molecule has 0 N–H and O–H groups in total. The van der Waals surface area contributed by atoms with E-state index >= 15 is 0 Å². The maximum atomic E-state index is 13.4. The fraction of sp³-hybridized carbons (Fsp3) is 0.345. The third-order valence-corrected chi connectivity index (χ3v) is 7.18. The molecule has 4 rings (SSSR count). The van der Waals surface area contributed by atoms with Crippen molar-refractivity contribution in [3.63, 3.8) is 0 Å². The summed E-state index contributed by atoms with van der Waals surface area (Å²) >= 11 is 3.47. The van der Waals surface area contributed by atoms with Crippen LogP contribution in [-0.2, 0) is 6.42 Å². The first kappa shape index (κ1) is 25.1. The zero-order valence-electron chi connectivity index (χ0n) is 21.2. The van der Waals surface area contributed by atoms with Crippen LogP contribution in [-0.4, -0.2) is 20.4 Å². The molecule has 1 atom stereocenters. The Morgan fingerprint density at radius 2 is 1.83 bits per heavy atom. The summed E-state index contributed by atoms with van der Waals surface area (Å²) in [6.07, 6.45) is 6.17. The summed E-state index contributed by atoms with van der Waals surface area (Å²) in [4.78, 5) is 18.2. The minimum Gasteiger partial charge on any atom is -0.318 e. The van der Waals surface area contributed by atoms with Crippen molar-refractivity contribution in [2.24, 2.45) is 5.10 Å². The van der Waals surface area contributed by atoms with Crippen molar-refractivity contribution >= 4 is 33.0 Å². The highest BCUT2D eigenvalue weighted by Crippen LogP contribution is 2.23. The normalized spacial score (nSPS) is 12.6. The Morgan fingerprint density at radius 1 is 1.09 bits per heavy atom. The van der Waals surface area contributed by atoms with Crippen LogP contribution in [0.5, 0.6) is 0 Å². The van der Waals surface area contributed by atoms with Gasteiger partial charge in [0.2, 0.25) is 0 Å². The van der Waals surface area contributed by atoms with E-state index < -0.39 is 0 Å². The molecule has 0 saturated heterocycles. The van der Waals surface area contributed by atoms with Gasteiger partial charge >= 0.3 is 0 Å². The molecule has 0 amide bonds. The molecule has 0 fully saturated rings. The fourth-order valence-electron chi connectivity index (χ4n) is 4.41. The molecule has 182 valence electrons. The topological polar surface area (TPSA) is 52.2 Å². The second kappa shape index (κ2) is 10.7. The largest absolute Gasteiger partial charge is 0.318 e. The Hall–Kier alpha value is -2.99. The van der Waals surface area contributed by atoms with Gasteiger partial charge in [-0.1, -0.05) is 55.3 Å². The lowest BCUT2D eigenvalue weighted by Crippen LogP contribution is -2.23. The number of hydrogen-bond acceptors (Lipinski definition) is 3. The Morgan fingerprint density at radius 3 is 2.51 bits per heavy atom. The lowest BCUT2D eigenvalue weighted by molar-refractivity contribution is 0.613. The van der Waals surface area contributed by atoms with Crippen molar-refractivity contribution in [2.75, 3.05) is 0 Å². The molecule has 4 aromatic rings. The number of hydrogen-bond donors (Lipinski definition) is 0. The van der Waals surface area contributed by atoms with Gasteiger partial charge in [0.15, 0.2) is 0 Å². The lowest BCUT2D eigenvalue weighted by Gasteiger charge is -2.14. The Kier molecular flexibility index (Phi) is 7.70. The molecule has 0 saturated carbocycles. The highest BCUT2D eigenvalue weighted by atomic mass is 79.9. The first-order valence-electron chi connectivity index (χ1n) is 12.4. The van der Waals surface area contributed by atoms with E-state index in [0.29, 0.717) is 16.7 Å². The summed E-state index contributed by atoms with van der Waals surface area (Å²) in [7, 11) is 0. The van der Waals surface area contributed by atoms with Gasteiger partial charge in [0.05, 0.1) is 17.1 Å². The van der Waals surface area contributed by atoms with E-state index in [9.17, 15) is 4.79 Å². The molecule has 0 bridgehead atoms. The van der Waals surface area contributed by atoms with Crippen molar-refractivity contribution in [2.45, 2.75) is 66.2 Å². The first-order chi connectivity index (χ1) is 16.8. The summed E-state index contributed by atoms with van der Waals surface area (Å²) < 4.78 is 4.55. The van der Waals surface area contributed by atoms with Crippen molar-refractivity contribution in [3.05, 3.63) is 91.7 Å². The average molecular weight is 534 g/mol. The molecule has 0 unspecified atom stereocenters. The standard InChI is InChI=1S/C29H33BrN4O/c1-6-8-9-22-10-13-25(14-11-22)33-20(4)16-23(21(33)5)18-31-34-28(19(3)7-2)32-27-15-12-24(30)17-26(27)29(34)35/h10-19H,6-9H2,1-5H3/t19-/m0/s1. The van der Waals surface area contributed by atoms with Crippen LogP contribution in [0.1, 0.15) is 74.3 Å². The van der Waals surface area contributed by atoms with Gasteiger partial charge in [-0.3, -0.25) is 4.79 Å². The van der Waals surface area contributed by atoms with E-state index in [1.54, 1.807) is 6.21 Å². The van der Waals surface area contributed by atoms with E-state index in [2.05, 4.69) is 90.5 Å². The van der Waals surface area contributed by atoms with Crippen LogP contribution in [0.2, 0.25) is 0 Å². The number of halogens is 1. The minimum absolute atomic E-state index is 0.103. The molecule has 2 aromatic carbocycles. The van der Waals surface area contributed by atoms with Crippen molar-refractivity contribution in [1.29, 1.82) is 0 Å². The second-order valence-corrected chi connectivity index (χ2v) is 10.1. The van der Waals surface area contributed by atoms with Crippen LogP contribution in [0.15, 0.2) is 62.9 Å². The van der Waals surface area contributed by atoms with Gasteiger partial charge in [-0.15, -0.1) is 0 Å². The van der Waals surface area contributed by atoms with Crippen molar-refractivity contribution in [1.82, 2.24) is 14.2 Å². The average Bonchev–Trinajstić information content (AvgIpc) is 3.14. The number of rotatable bonds is 8. The lowest BCUT2D eigenvalue weighted by atomic mass is 10.1. The predicted molar refractivity (Wildman–Crippen MR) is 149 cm³/mol. The van der Waals surface area contributed by atoms with Crippen LogP contribution in [0, 0.1) is 13.8 Å². The van der Waals surface area contributed by atoms with Gasteiger partial charge in [0, 0.05) is 33.0 Å². The van der Waals surface area contributed by atoms with Gasteiger partial charge in [0.25, 0.3) is 5.56 Å². The summed E-state index contributed by atoms with van der Waals surface area (Å²) in [5.74, 6) is 0.784. The minimum atomic E-state index is -0.153. The quantitative estimate of drug-likeness (QED) is 0.223. The summed E-state index contributed by atoms with van der Waals surface area (Å²) in [6.45, 7) is 10.6. The number of fused-ring (bicyclic) bond motifs is 1. The number of nitrogens with zero attached hydrogens (tertiary/aromatic N) is 4. The van der Waals surface area contributed by atoms with Gasteiger partial charge in [-0.05, 0) is 75.1 Å². The third kappa shape index (κ3) is 5.18. The van der Waals surface area contributed by atoms with Gasteiger partial charge in [-0.25, -0.2) is 4.98 Å². The Balaban J connectivity index is 1.75. The SMILES string of the molecule is CCCCc1ccc(-n2c(C)cc(C=Nn3c([C@@H](C)CC)nc4ccc(Br)cc4c3=O)c2C)cc1. The highest BCUT2D eigenvalue weighted by molar-refractivity contribution is 9.10. The van der Waals surface area contributed by atoms with E-state index in [-0.39, 0.29) is 11.5 Å². The molecule has 5 nitrogen and oxygen atoms in total. The van der Waals surface area contributed by atoms with E-state index in [4.69, 9.17) is 4.98 Å². The van der Waals surface area contributed by atoms with Gasteiger partial charge in [0.1, 0.15) is 5.82 Å². The zero-order chi connectivity index (χ0) is 25.1. The van der Waals surface area contributed by atoms with Gasteiger partial charge < -0.3 is 4.57 Å². The van der Waals surface area contributed by atoms with Crippen LogP contribution >= 0.6 is 15.9 Å². The molecule has 0 spiro atoms. The zero-order valence-corrected chi connectivity index (χ0v) is 22.8. The molecule has 0 aliphatic heterocycles. The third-order valence-electron chi connectivity index (χ3n) is 6.68. The van der Waals surface area contributed by atoms with Crippen LogP contribution < -0.4 is 5.56 Å². The molecule has 2 aromatic heterocycles. The van der Waals surface area contributed by atoms with E-state index in [0.717, 1.165) is 40.0 Å². The van der Waals surface area contributed by atoms with Crippen LogP contribution in [0.4, 0.5) is 0 Å². The Labute approximate surface area is 215 Å². The molecule has 0 aliphatic rings. The summed E-state index contributed by atoms with van der Waals surface area (Å²) in [6, 6.07) is 16.5. The Bertz CT molecular complexity index is 1430. The maximum absolute atomic E-state index is 13.4. The monoisotopic (exact) mass is 532 g/mol. The number of unbranched alkanes of at least 4 members (excludes halogenated alkanes) is 1. The molecule has 0 aliphatic carbocycles. The van der Waals surface area contributed by atoms with E-state index in [1.165, 1.54) is 23.1 Å². The maximum Gasteiger partial charge on any atom is 0.282 e. The molecule has 6 heteroatoms. The van der Waals surface area contributed by atoms with Crippen LogP contribution in [0.25, 0.3) is 16.6 Å². The van der Waals surface area contributed by atoms with Crippen LogP contribution in [0.3, 0.4) is 0 Å². The van der Waals surface area contributed by atoms with E-state index in [1.807, 2.05) is 18.2 Å². The molecular weight excluding hydrogens is 500 g/mol. The van der Waals surface area contributed by atoms with Crippen molar-refractivity contribution in [3.8, 4) is 5.69 Å². The van der Waals surface area contributed by atoms with Gasteiger partial charge in [-0.2, -0.15) is 9.78 Å². The summed E-state index contributed by atoms with van der Waals surface area (Å²) in [5.41, 5.74) is 6.23. The summed E-state index contributed by atoms with van der Waals surface area (Å²) in [5, 5.41) is 5.22.